The molecule has 3 nitrogen and oxygen atoms in total. The summed E-state index contributed by atoms with van der Waals surface area (Å²) in [6.07, 6.45) is 3.31. The van der Waals surface area contributed by atoms with Crippen LogP contribution in [0.25, 0.3) is 10.9 Å². The molecular weight excluding hydrogens is 212 g/mol. The van der Waals surface area contributed by atoms with E-state index in [0.717, 1.165) is 25.3 Å². The summed E-state index contributed by atoms with van der Waals surface area (Å²) >= 11 is 0. The lowest BCUT2D eigenvalue weighted by Gasteiger charge is -2.11. The van der Waals surface area contributed by atoms with Crippen molar-refractivity contribution in [1.29, 1.82) is 0 Å². The highest BCUT2D eigenvalue weighted by Gasteiger charge is 2.07. The summed E-state index contributed by atoms with van der Waals surface area (Å²) in [7, 11) is 0. The fraction of sp³-hybridized carbons (Fsp3) is 0.429. The standard InChI is InChI=1S/C14H20N2O/c1-11(2)17-14-6-3-5-13-12(14)7-10-16(13)9-4-8-15/h3,5-7,10-11H,4,8-9,15H2,1-2H3. The van der Waals surface area contributed by atoms with Gasteiger partial charge in [-0.05, 0) is 45.0 Å². The van der Waals surface area contributed by atoms with E-state index in [2.05, 4.69) is 22.9 Å². The molecule has 17 heavy (non-hydrogen) atoms. The summed E-state index contributed by atoms with van der Waals surface area (Å²) in [6, 6.07) is 8.30. The number of nitrogens with two attached hydrogens (primary N) is 1. The number of hydrogen-bond donors (Lipinski definition) is 1. The van der Waals surface area contributed by atoms with Gasteiger partial charge in [-0.1, -0.05) is 6.07 Å². The molecule has 1 aromatic carbocycles. The normalized spacial score (nSPS) is 11.3. The van der Waals surface area contributed by atoms with Gasteiger partial charge in [0.25, 0.3) is 0 Å². The van der Waals surface area contributed by atoms with Crippen LogP contribution in [0.1, 0.15) is 20.3 Å². The Bertz CT molecular complexity index is 488. The van der Waals surface area contributed by atoms with Gasteiger partial charge >= 0.3 is 0 Å². The highest BCUT2D eigenvalue weighted by atomic mass is 16.5. The Kier molecular flexibility index (Phi) is 3.69. The molecule has 0 bridgehead atoms. The molecule has 1 heterocycles. The number of ether oxygens (including phenoxy) is 1. The molecule has 0 unspecified atom stereocenters. The molecule has 0 radical (unpaired) electrons. The SMILES string of the molecule is CC(C)Oc1cccc2c1ccn2CCCN. The number of rotatable bonds is 5. The van der Waals surface area contributed by atoms with E-state index in [4.69, 9.17) is 10.5 Å². The molecule has 0 atom stereocenters. The van der Waals surface area contributed by atoms with Gasteiger partial charge in [0.15, 0.2) is 0 Å². The van der Waals surface area contributed by atoms with Gasteiger partial charge in [0.1, 0.15) is 5.75 Å². The van der Waals surface area contributed by atoms with Gasteiger partial charge in [-0.3, -0.25) is 0 Å². The van der Waals surface area contributed by atoms with Crippen molar-refractivity contribution in [3.05, 3.63) is 30.5 Å². The third-order valence-electron chi connectivity index (χ3n) is 2.74. The van der Waals surface area contributed by atoms with E-state index in [1.807, 2.05) is 26.0 Å². The molecule has 0 aliphatic rings. The predicted molar refractivity (Wildman–Crippen MR) is 71.4 cm³/mol. The van der Waals surface area contributed by atoms with Gasteiger partial charge in [0, 0.05) is 18.1 Å². The van der Waals surface area contributed by atoms with Crippen molar-refractivity contribution < 1.29 is 4.74 Å². The quantitative estimate of drug-likeness (QED) is 0.861. The van der Waals surface area contributed by atoms with Crippen molar-refractivity contribution in [3.8, 4) is 5.75 Å². The summed E-state index contributed by atoms with van der Waals surface area (Å²) in [4.78, 5) is 0. The molecule has 0 saturated heterocycles. The van der Waals surface area contributed by atoms with Crippen molar-refractivity contribution in [1.82, 2.24) is 4.57 Å². The molecule has 0 fully saturated rings. The summed E-state index contributed by atoms with van der Waals surface area (Å²) in [5, 5.41) is 1.18. The van der Waals surface area contributed by atoms with E-state index >= 15 is 0 Å². The summed E-state index contributed by atoms with van der Waals surface area (Å²) in [5.74, 6) is 0.962. The molecule has 2 rings (SSSR count). The van der Waals surface area contributed by atoms with E-state index in [0.29, 0.717) is 0 Å². The van der Waals surface area contributed by atoms with E-state index in [-0.39, 0.29) is 6.10 Å². The maximum atomic E-state index is 5.81. The average Bonchev–Trinajstić information content (AvgIpc) is 2.70. The van der Waals surface area contributed by atoms with Crippen molar-refractivity contribution in [2.75, 3.05) is 6.54 Å². The molecule has 2 aromatic rings. The van der Waals surface area contributed by atoms with Crippen LogP contribution in [-0.4, -0.2) is 17.2 Å². The van der Waals surface area contributed by atoms with Crippen LogP contribution in [-0.2, 0) is 6.54 Å². The molecule has 0 aliphatic heterocycles. The Labute approximate surface area is 102 Å². The molecule has 1 aromatic heterocycles. The minimum absolute atomic E-state index is 0.202. The summed E-state index contributed by atoms with van der Waals surface area (Å²) in [5.41, 5.74) is 6.77. The second kappa shape index (κ2) is 5.23. The maximum Gasteiger partial charge on any atom is 0.129 e. The first-order valence-corrected chi connectivity index (χ1v) is 6.17. The molecule has 2 N–H and O–H groups in total. The van der Waals surface area contributed by atoms with Crippen LogP contribution in [0.3, 0.4) is 0 Å². The van der Waals surface area contributed by atoms with Gasteiger partial charge in [-0.2, -0.15) is 0 Å². The topological polar surface area (TPSA) is 40.2 Å². The Morgan fingerprint density at radius 3 is 2.82 bits per heavy atom. The second-order valence-corrected chi connectivity index (χ2v) is 4.51. The van der Waals surface area contributed by atoms with Crippen LogP contribution >= 0.6 is 0 Å². The van der Waals surface area contributed by atoms with Crippen molar-refractivity contribution in [2.24, 2.45) is 5.73 Å². The van der Waals surface area contributed by atoms with Crippen molar-refractivity contribution >= 4 is 10.9 Å². The Morgan fingerprint density at radius 2 is 2.12 bits per heavy atom. The third kappa shape index (κ3) is 2.61. The van der Waals surface area contributed by atoms with Crippen LogP contribution in [0.4, 0.5) is 0 Å². The largest absolute Gasteiger partial charge is 0.490 e. The van der Waals surface area contributed by atoms with Gasteiger partial charge < -0.3 is 15.0 Å². The number of benzene rings is 1. The first kappa shape index (κ1) is 12.0. The Hall–Kier alpha value is -1.48. The molecule has 0 amide bonds. The van der Waals surface area contributed by atoms with E-state index in [1.165, 1.54) is 10.9 Å². The molecule has 92 valence electrons. The van der Waals surface area contributed by atoms with Gasteiger partial charge in [0.2, 0.25) is 0 Å². The van der Waals surface area contributed by atoms with E-state index < -0.39 is 0 Å². The fourth-order valence-electron chi connectivity index (χ4n) is 2.01. The van der Waals surface area contributed by atoms with E-state index in [1.54, 1.807) is 0 Å². The zero-order chi connectivity index (χ0) is 12.3. The van der Waals surface area contributed by atoms with Crippen LogP contribution < -0.4 is 10.5 Å². The lowest BCUT2D eigenvalue weighted by atomic mass is 10.2. The number of aromatic nitrogens is 1. The minimum Gasteiger partial charge on any atom is -0.490 e. The zero-order valence-electron chi connectivity index (χ0n) is 10.5. The maximum absolute atomic E-state index is 5.81. The molecule has 3 heteroatoms. The summed E-state index contributed by atoms with van der Waals surface area (Å²) in [6.45, 7) is 5.78. The fourth-order valence-corrected chi connectivity index (χ4v) is 2.01. The van der Waals surface area contributed by atoms with Crippen molar-refractivity contribution in [2.45, 2.75) is 32.9 Å². The number of hydrogen-bond acceptors (Lipinski definition) is 2. The number of aryl methyl sites for hydroxylation is 1. The number of fused-ring (bicyclic) bond motifs is 1. The van der Waals surface area contributed by atoms with Crippen LogP contribution in [0, 0.1) is 0 Å². The van der Waals surface area contributed by atoms with Gasteiger partial charge in [-0.15, -0.1) is 0 Å². The van der Waals surface area contributed by atoms with Gasteiger partial charge in [-0.25, -0.2) is 0 Å². The minimum atomic E-state index is 0.202. The number of nitrogens with zero attached hydrogens (tertiary/aromatic N) is 1. The summed E-state index contributed by atoms with van der Waals surface area (Å²) < 4.78 is 8.04. The molecule has 0 aliphatic carbocycles. The smallest absolute Gasteiger partial charge is 0.129 e. The highest BCUT2D eigenvalue weighted by Crippen LogP contribution is 2.27. The zero-order valence-corrected chi connectivity index (χ0v) is 10.5. The Morgan fingerprint density at radius 1 is 1.29 bits per heavy atom. The van der Waals surface area contributed by atoms with Crippen LogP contribution in [0.2, 0.25) is 0 Å². The first-order chi connectivity index (χ1) is 8.22. The molecular formula is C14H20N2O. The lowest BCUT2D eigenvalue weighted by molar-refractivity contribution is 0.245. The Balaban J connectivity index is 2.35. The van der Waals surface area contributed by atoms with Crippen LogP contribution in [0.15, 0.2) is 30.5 Å². The van der Waals surface area contributed by atoms with E-state index in [9.17, 15) is 0 Å². The predicted octanol–water partition coefficient (Wildman–Crippen LogP) is 2.78. The third-order valence-corrected chi connectivity index (χ3v) is 2.74. The average molecular weight is 232 g/mol. The monoisotopic (exact) mass is 232 g/mol. The van der Waals surface area contributed by atoms with Crippen molar-refractivity contribution in [3.63, 3.8) is 0 Å². The highest BCUT2D eigenvalue weighted by molar-refractivity contribution is 5.86. The molecule has 0 spiro atoms. The first-order valence-electron chi connectivity index (χ1n) is 6.17. The lowest BCUT2D eigenvalue weighted by Crippen LogP contribution is -2.06. The van der Waals surface area contributed by atoms with Gasteiger partial charge in [0.05, 0.1) is 11.6 Å². The molecule has 0 saturated carbocycles. The van der Waals surface area contributed by atoms with Crippen LogP contribution in [0.5, 0.6) is 5.75 Å². The second-order valence-electron chi connectivity index (χ2n) is 4.51.